The van der Waals surface area contributed by atoms with E-state index in [1.807, 2.05) is 24.5 Å². The Morgan fingerprint density at radius 2 is 0.879 bits per heavy atom. The van der Waals surface area contributed by atoms with E-state index in [4.69, 9.17) is 9.97 Å². The molecule has 2 atom stereocenters. The van der Waals surface area contributed by atoms with Crippen molar-refractivity contribution in [2.75, 3.05) is 58.9 Å². The molecule has 0 spiro atoms. The molecule has 2 saturated heterocycles. The Hall–Kier alpha value is -6.32. The quantitative estimate of drug-likeness (QED) is 0.172. The van der Waals surface area contributed by atoms with Gasteiger partial charge in [-0.3, -0.25) is 0 Å². The Balaban J connectivity index is 0.000000150. The number of nitrogens with zero attached hydrogens (tertiary/aromatic N) is 14. The van der Waals surface area contributed by atoms with Crippen LogP contribution in [0.3, 0.4) is 0 Å². The fourth-order valence-corrected chi connectivity index (χ4v) is 8.35. The molecular formula is C42H44F2N14. The molecule has 0 amide bonds. The Labute approximate surface area is 335 Å². The van der Waals surface area contributed by atoms with Crippen molar-refractivity contribution in [3.63, 3.8) is 0 Å². The number of hydrogen-bond acceptors (Lipinski definition) is 14. The summed E-state index contributed by atoms with van der Waals surface area (Å²) in [5.74, 6) is 2.57. The predicted octanol–water partition coefficient (Wildman–Crippen LogP) is 6.38. The number of halogens is 2. The molecule has 0 N–H and O–H groups in total. The fraction of sp³-hybridized carbons (Fsp3) is 0.381. The lowest BCUT2D eigenvalue weighted by atomic mass is 9.99. The lowest BCUT2D eigenvalue weighted by molar-refractivity contribution is 0.562. The third-order valence-corrected chi connectivity index (χ3v) is 11.4. The molecule has 0 saturated carbocycles. The molecule has 2 fully saturated rings. The first-order chi connectivity index (χ1) is 28.4. The van der Waals surface area contributed by atoms with Gasteiger partial charge in [-0.25, -0.2) is 49.8 Å². The monoisotopic (exact) mass is 782 g/mol. The molecule has 0 aliphatic carbocycles. The third kappa shape index (κ3) is 7.70. The zero-order chi connectivity index (χ0) is 39.6. The Morgan fingerprint density at radius 1 is 0.483 bits per heavy atom. The van der Waals surface area contributed by atoms with Gasteiger partial charge in [0, 0.05) is 136 Å². The van der Waals surface area contributed by atoms with Crippen molar-refractivity contribution < 1.29 is 8.78 Å². The van der Waals surface area contributed by atoms with E-state index in [0.29, 0.717) is 34.9 Å². The first-order valence-corrected chi connectivity index (χ1v) is 20.0. The average Bonchev–Trinajstić information content (AvgIpc) is 4.01. The summed E-state index contributed by atoms with van der Waals surface area (Å²) in [5.41, 5.74) is 5.87. The highest BCUT2D eigenvalue weighted by Gasteiger charge is 2.30. The van der Waals surface area contributed by atoms with E-state index in [-0.39, 0.29) is 12.1 Å². The first kappa shape index (κ1) is 37.3. The van der Waals surface area contributed by atoms with Gasteiger partial charge in [-0.1, -0.05) is 0 Å². The van der Waals surface area contributed by atoms with Crippen molar-refractivity contribution in [1.29, 1.82) is 0 Å². The van der Waals surface area contributed by atoms with Crippen molar-refractivity contribution >= 4 is 23.0 Å². The second-order valence-corrected chi connectivity index (χ2v) is 15.0. The maximum absolute atomic E-state index is 14.3. The minimum atomic E-state index is -0.435. The van der Waals surface area contributed by atoms with E-state index in [1.165, 1.54) is 12.1 Å². The van der Waals surface area contributed by atoms with Crippen molar-refractivity contribution in [3.8, 4) is 23.3 Å². The van der Waals surface area contributed by atoms with Gasteiger partial charge in [0.2, 0.25) is 11.9 Å². The van der Waals surface area contributed by atoms with E-state index in [1.54, 1.807) is 36.9 Å². The van der Waals surface area contributed by atoms with Gasteiger partial charge in [0.05, 0.1) is 23.5 Å². The molecule has 0 bridgehead atoms. The van der Waals surface area contributed by atoms with E-state index in [0.717, 1.165) is 112 Å². The molecule has 4 aliphatic rings. The summed E-state index contributed by atoms with van der Waals surface area (Å²) in [6.07, 6.45) is 16.5. The SMILES string of the molecule is C[C@@H]1c2cnc(-c3ncccn3)nc2CCN1c1cc(N2CCCC2)cc(F)n1.C[C@H]1c2cnc(-c3ncccn3)nc2CCN1c1cc(N2CCCC2)cc(F)n1. The topological polar surface area (TPSA) is 142 Å². The van der Waals surface area contributed by atoms with Crippen LogP contribution in [0.2, 0.25) is 0 Å². The van der Waals surface area contributed by atoms with Gasteiger partial charge < -0.3 is 19.6 Å². The summed E-state index contributed by atoms with van der Waals surface area (Å²) in [4.78, 5) is 52.4. The molecule has 4 aliphatic heterocycles. The number of aromatic nitrogens is 10. The summed E-state index contributed by atoms with van der Waals surface area (Å²) in [6, 6.07) is 10.6. The first-order valence-electron chi connectivity index (χ1n) is 20.0. The van der Waals surface area contributed by atoms with Gasteiger partial charge in [-0.15, -0.1) is 0 Å². The van der Waals surface area contributed by atoms with Crippen LogP contribution in [0.1, 0.15) is 74.1 Å². The lowest BCUT2D eigenvalue weighted by Crippen LogP contribution is -2.35. The molecule has 0 aromatic carbocycles. The van der Waals surface area contributed by atoms with Crippen LogP contribution in [0.5, 0.6) is 0 Å². The van der Waals surface area contributed by atoms with Crippen molar-refractivity contribution in [2.24, 2.45) is 0 Å². The summed E-state index contributed by atoms with van der Waals surface area (Å²) >= 11 is 0. The molecule has 10 heterocycles. The molecule has 296 valence electrons. The standard InChI is InChI=1S/2C21H22FN7/c2*1-14-16-13-25-21(20-23-6-4-7-24-20)26-17(16)5-10-29(14)19-12-15(11-18(22)27-19)28-8-2-3-9-28/h2*4,6-7,11-14H,2-3,5,8-10H2,1H3/t2*14-/m10/s1. The highest BCUT2D eigenvalue weighted by molar-refractivity contribution is 5.59. The normalized spacial score (nSPS) is 18.8. The van der Waals surface area contributed by atoms with E-state index in [9.17, 15) is 8.78 Å². The van der Waals surface area contributed by atoms with Gasteiger partial charge in [-0.05, 0) is 51.7 Å². The zero-order valence-electron chi connectivity index (χ0n) is 32.6. The van der Waals surface area contributed by atoms with Crippen LogP contribution in [0.25, 0.3) is 23.3 Å². The van der Waals surface area contributed by atoms with Crippen LogP contribution in [-0.2, 0) is 12.8 Å². The number of pyridine rings is 2. The average molecular weight is 783 g/mol. The molecule has 10 rings (SSSR count). The largest absolute Gasteiger partial charge is 0.371 e. The Bertz CT molecular complexity index is 2210. The van der Waals surface area contributed by atoms with E-state index in [2.05, 4.69) is 73.3 Å². The van der Waals surface area contributed by atoms with Crippen LogP contribution < -0.4 is 19.6 Å². The van der Waals surface area contributed by atoms with Gasteiger partial charge in [0.15, 0.2) is 23.3 Å². The lowest BCUT2D eigenvalue weighted by Gasteiger charge is -2.36. The van der Waals surface area contributed by atoms with Crippen LogP contribution in [0.4, 0.5) is 31.8 Å². The number of hydrogen-bond donors (Lipinski definition) is 0. The van der Waals surface area contributed by atoms with Crippen LogP contribution in [0, 0.1) is 11.9 Å². The van der Waals surface area contributed by atoms with Gasteiger partial charge in [-0.2, -0.15) is 8.78 Å². The van der Waals surface area contributed by atoms with Gasteiger partial charge in [0.1, 0.15) is 11.6 Å². The maximum Gasteiger partial charge on any atom is 0.216 e. The molecule has 6 aromatic heterocycles. The summed E-state index contributed by atoms with van der Waals surface area (Å²) in [6.45, 7) is 9.49. The van der Waals surface area contributed by atoms with Crippen LogP contribution in [-0.4, -0.2) is 89.1 Å². The minimum absolute atomic E-state index is 0.00483. The fourth-order valence-electron chi connectivity index (χ4n) is 8.35. The van der Waals surface area contributed by atoms with Gasteiger partial charge >= 0.3 is 0 Å². The van der Waals surface area contributed by atoms with E-state index < -0.39 is 11.9 Å². The molecule has 16 heteroatoms. The number of fused-ring (bicyclic) bond motifs is 2. The Kier molecular flexibility index (Phi) is 10.5. The molecule has 0 unspecified atom stereocenters. The van der Waals surface area contributed by atoms with Gasteiger partial charge in [0.25, 0.3) is 0 Å². The number of anilines is 4. The highest BCUT2D eigenvalue weighted by Crippen LogP contribution is 2.36. The van der Waals surface area contributed by atoms with Crippen LogP contribution in [0.15, 0.2) is 73.6 Å². The van der Waals surface area contributed by atoms with Crippen molar-refractivity contribution in [1.82, 2.24) is 49.8 Å². The summed E-state index contributed by atoms with van der Waals surface area (Å²) in [5, 5.41) is 0. The second-order valence-electron chi connectivity index (χ2n) is 15.0. The van der Waals surface area contributed by atoms with Crippen LogP contribution >= 0.6 is 0 Å². The highest BCUT2D eigenvalue weighted by atomic mass is 19.1. The maximum atomic E-state index is 14.3. The Morgan fingerprint density at radius 3 is 1.28 bits per heavy atom. The molecule has 0 radical (unpaired) electrons. The summed E-state index contributed by atoms with van der Waals surface area (Å²) < 4.78 is 28.6. The molecule has 14 nitrogen and oxygen atoms in total. The predicted molar refractivity (Wildman–Crippen MR) is 216 cm³/mol. The minimum Gasteiger partial charge on any atom is -0.371 e. The zero-order valence-corrected chi connectivity index (χ0v) is 32.6. The smallest absolute Gasteiger partial charge is 0.216 e. The van der Waals surface area contributed by atoms with Crippen molar-refractivity contribution in [2.45, 2.75) is 64.5 Å². The number of rotatable bonds is 6. The third-order valence-electron chi connectivity index (χ3n) is 11.4. The van der Waals surface area contributed by atoms with Crippen molar-refractivity contribution in [3.05, 3.63) is 108 Å². The summed E-state index contributed by atoms with van der Waals surface area (Å²) in [7, 11) is 0. The van der Waals surface area contributed by atoms with E-state index >= 15 is 0 Å². The molecular weight excluding hydrogens is 739 g/mol. The molecule has 6 aromatic rings. The second kappa shape index (κ2) is 16.3. The molecule has 58 heavy (non-hydrogen) atoms.